The van der Waals surface area contributed by atoms with Crippen molar-refractivity contribution in [2.45, 2.75) is 6.92 Å². The molecule has 0 saturated heterocycles. The van der Waals surface area contributed by atoms with Gasteiger partial charge in [0, 0.05) is 13.0 Å². The SMILES string of the molecule is [CH2]C[N+](C)(CC)c1ccsc1. The van der Waals surface area contributed by atoms with Crippen molar-refractivity contribution >= 4 is 17.0 Å². The van der Waals surface area contributed by atoms with Gasteiger partial charge in [-0.2, -0.15) is 0 Å². The van der Waals surface area contributed by atoms with Crippen molar-refractivity contribution in [1.29, 1.82) is 0 Å². The summed E-state index contributed by atoms with van der Waals surface area (Å²) >= 11 is 1.75. The van der Waals surface area contributed by atoms with Crippen LogP contribution in [0, 0.1) is 6.92 Å². The van der Waals surface area contributed by atoms with Gasteiger partial charge < -0.3 is 0 Å². The third-order valence-electron chi connectivity index (χ3n) is 2.32. The molecule has 11 heavy (non-hydrogen) atoms. The summed E-state index contributed by atoms with van der Waals surface area (Å²) in [5.41, 5.74) is 1.38. The summed E-state index contributed by atoms with van der Waals surface area (Å²) in [5, 5.41) is 4.33. The van der Waals surface area contributed by atoms with Crippen molar-refractivity contribution < 1.29 is 0 Å². The van der Waals surface area contributed by atoms with Crippen LogP contribution in [0.15, 0.2) is 16.8 Å². The standard InChI is InChI=1S/C9H15NS/c1-4-10(3,5-2)9-6-7-11-8-9/h6-8H,1,4-5H2,2-3H3/q+1. The lowest BCUT2D eigenvalue weighted by atomic mass is 10.3. The molecule has 1 radical (unpaired) electrons. The van der Waals surface area contributed by atoms with E-state index in [9.17, 15) is 0 Å². The molecule has 1 aromatic rings. The van der Waals surface area contributed by atoms with Crippen LogP contribution in [0.25, 0.3) is 0 Å². The van der Waals surface area contributed by atoms with E-state index in [1.165, 1.54) is 5.69 Å². The highest BCUT2D eigenvalue weighted by atomic mass is 32.1. The molecule has 0 aliphatic carbocycles. The van der Waals surface area contributed by atoms with E-state index in [-0.39, 0.29) is 0 Å². The van der Waals surface area contributed by atoms with Crippen LogP contribution in [0.5, 0.6) is 0 Å². The van der Waals surface area contributed by atoms with E-state index in [4.69, 9.17) is 0 Å². The van der Waals surface area contributed by atoms with Crippen molar-refractivity contribution in [3.8, 4) is 0 Å². The number of hydrogen-bond donors (Lipinski definition) is 0. The first-order valence-electron chi connectivity index (χ1n) is 3.89. The Bertz CT molecular complexity index is 199. The maximum Gasteiger partial charge on any atom is 0.143 e. The lowest BCUT2D eigenvalue weighted by Gasteiger charge is -2.30. The van der Waals surface area contributed by atoms with Gasteiger partial charge >= 0.3 is 0 Å². The van der Waals surface area contributed by atoms with Gasteiger partial charge in [-0.15, -0.1) is 11.3 Å². The van der Waals surface area contributed by atoms with Crippen molar-refractivity contribution in [2.24, 2.45) is 0 Å². The average Bonchev–Trinajstić information content (AvgIpc) is 2.55. The Balaban J connectivity index is 2.87. The van der Waals surface area contributed by atoms with Gasteiger partial charge in [0.1, 0.15) is 5.69 Å². The molecule has 0 saturated carbocycles. The maximum atomic E-state index is 3.96. The van der Waals surface area contributed by atoms with E-state index in [0.29, 0.717) is 0 Å². The van der Waals surface area contributed by atoms with Crippen LogP contribution < -0.4 is 4.48 Å². The first kappa shape index (κ1) is 8.75. The highest BCUT2D eigenvalue weighted by Crippen LogP contribution is 2.22. The summed E-state index contributed by atoms with van der Waals surface area (Å²) in [4.78, 5) is 0. The number of thiophene rings is 1. The van der Waals surface area contributed by atoms with Crippen LogP contribution in [0.2, 0.25) is 0 Å². The highest BCUT2D eigenvalue weighted by Gasteiger charge is 2.19. The lowest BCUT2D eigenvalue weighted by molar-refractivity contribution is 0.382. The second-order valence-electron chi connectivity index (χ2n) is 2.92. The normalized spacial score (nSPS) is 11.9. The van der Waals surface area contributed by atoms with Gasteiger partial charge in [0.2, 0.25) is 0 Å². The molecule has 0 spiro atoms. The number of rotatable bonds is 3. The lowest BCUT2D eigenvalue weighted by Crippen LogP contribution is -2.44. The predicted molar refractivity (Wildman–Crippen MR) is 52.8 cm³/mol. The van der Waals surface area contributed by atoms with E-state index in [2.05, 4.69) is 37.7 Å². The zero-order valence-electron chi connectivity index (χ0n) is 7.21. The molecule has 1 aromatic heterocycles. The minimum Gasteiger partial charge on any atom is -0.293 e. The Morgan fingerprint density at radius 3 is 2.73 bits per heavy atom. The van der Waals surface area contributed by atoms with E-state index < -0.39 is 0 Å². The molecule has 0 aliphatic heterocycles. The molecular formula is C9H15NS+. The summed E-state index contributed by atoms with van der Waals surface area (Å²) < 4.78 is 0.948. The minimum atomic E-state index is 0.924. The van der Waals surface area contributed by atoms with Crippen molar-refractivity contribution in [3.63, 3.8) is 0 Å². The largest absolute Gasteiger partial charge is 0.293 e. The first-order chi connectivity index (χ1) is 5.23. The molecule has 0 aromatic carbocycles. The van der Waals surface area contributed by atoms with Gasteiger partial charge in [-0.25, -0.2) is 0 Å². The number of nitrogens with zero attached hydrogens (tertiary/aromatic N) is 1. The quantitative estimate of drug-likeness (QED) is 0.610. The molecule has 1 atom stereocenters. The molecule has 0 amide bonds. The Morgan fingerprint density at radius 1 is 1.64 bits per heavy atom. The summed E-state index contributed by atoms with van der Waals surface area (Å²) in [6.07, 6.45) is 0. The summed E-state index contributed by atoms with van der Waals surface area (Å²) in [5.74, 6) is 0. The zero-order chi connectivity index (χ0) is 8.32. The second-order valence-corrected chi connectivity index (χ2v) is 3.70. The highest BCUT2D eigenvalue weighted by molar-refractivity contribution is 7.08. The topological polar surface area (TPSA) is 0 Å². The van der Waals surface area contributed by atoms with Crippen LogP contribution in [0.3, 0.4) is 0 Å². The second kappa shape index (κ2) is 3.37. The molecule has 1 unspecified atom stereocenters. The predicted octanol–water partition coefficient (Wildman–Crippen LogP) is 2.54. The van der Waals surface area contributed by atoms with Gasteiger partial charge in [-0.1, -0.05) is 0 Å². The Kier molecular flexibility index (Phi) is 2.68. The van der Waals surface area contributed by atoms with Crippen LogP contribution in [0.1, 0.15) is 6.92 Å². The third-order valence-corrected chi connectivity index (χ3v) is 2.99. The molecule has 0 N–H and O–H groups in total. The van der Waals surface area contributed by atoms with Gasteiger partial charge in [-0.05, 0) is 12.3 Å². The van der Waals surface area contributed by atoms with Crippen molar-refractivity contribution in [1.82, 2.24) is 4.48 Å². The fourth-order valence-electron chi connectivity index (χ4n) is 1.03. The Hall–Kier alpha value is -0.340. The van der Waals surface area contributed by atoms with E-state index in [0.717, 1.165) is 17.6 Å². The Labute approximate surface area is 72.9 Å². The molecule has 1 rings (SSSR count). The van der Waals surface area contributed by atoms with Gasteiger partial charge in [-0.3, -0.25) is 4.48 Å². The molecule has 61 valence electrons. The van der Waals surface area contributed by atoms with Gasteiger partial charge in [0.15, 0.2) is 0 Å². The van der Waals surface area contributed by atoms with Crippen LogP contribution in [-0.2, 0) is 0 Å². The molecule has 0 fully saturated rings. The first-order valence-corrected chi connectivity index (χ1v) is 4.84. The average molecular weight is 169 g/mol. The third kappa shape index (κ3) is 1.63. The number of hydrogen-bond acceptors (Lipinski definition) is 1. The van der Waals surface area contributed by atoms with Crippen LogP contribution in [0.4, 0.5) is 5.69 Å². The molecule has 1 nitrogen and oxygen atoms in total. The van der Waals surface area contributed by atoms with Crippen molar-refractivity contribution in [2.75, 3.05) is 20.1 Å². The number of quaternary nitrogens is 1. The molecule has 0 aliphatic rings. The summed E-state index contributed by atoms with van der Waals surface area (Å²) in [6, 6.07) is 2.18. The van der Waals surface area contributed by atoms with E-state index in [1.54, 1.807) is 11.3 Å². The van der Waals surface area contributed by atoms with E-state index >= 15 is 0 Å². The monoisotopic (exact) mass is 169 g/mol. The van der Waals surface area contributed by atoms with Crippen LogP contribution in [-0.4, -0.2) is 20.1 Å². The van der Waals surface area contributed by atoms with E-state index in [1.807, 2.05) is 0 Å². The van der Waals surface area contributed by atoms with Crippen LogP contribution >= 0.6 is 11.3 Å². The maximum absolute atomic E-state index is 3.96. The fourth-order valence-corrected chi connectivity index (χ4v) is 1.80. The molecule has 0 bridgehead atoms. The van der Waals surface area contributed by atoms with Gasteiger partial charge in [0.05, 0.1) is 25.5 Å². The molecular weight excluding hydrogens is 154 g/mol. The van der Waals surface area contributed by atoms with Gasteiger partial charge in [0.25, 0.3) is 0 Å². The smallest absolute Gasteiger partial charge is 0.143 e. The fraction of sp³-hybridized carbons (Fsp3) is 0.444. The Morgan fingerprint density at radius 2 is 2.36 bits per heavy atom. The molecule has 2 heteroatoms. The minimum absolute atomic E-state index is 0.924. The molecule has 1 heterocycles. The zero-order valence-corrected chi connectivity index (χ0v) is 8.03. The van der Waals surface area contributed by atoms with Crippen molar-refractivity contribution in [3.05, 3.63) is 23.8 Å². The summed E-state index contributed by atoms with van der Waals surface area (Å²) in [7, 11) is 2.22. The summed E-state index contributed by atoms with van der Waals surface area (Å²) in [6.45, 7) is 8.19.